The van der Waals surface area contributed by atoms with E-state index in [1.54, 1.807) is 35.2 Å². The standard InChI is InChI=1S/C21H22N4O5S/c1-22-10-12-23(13-11-22)20(27)16-6-5-9-18(14-16)31(29,30)25-19(26)15-24(21(25)28)17-7-3-2-4-8-17/h2-9,14H,10-13,15H2,1H3. The number of likely N-dealkylation sites (N-methyl/N-ethyl adjacent to an activating group) is 1. The highest BCUT2D eigenvalue weighted by molar-refractivity contribution is 7.90. The largest absolute Gasteiger partial charge is 0.346 e. The molecule has 2 aromatic rings. The second-order valence-electron chi connectivity index (χ2n) is 7.49. The Labute approximate surface area is 180 Å². The van der Waals surface area contributed by atoms with Crippen LogP contribution in [0.4, 0.5) is 10.5 Å². The summed E-state index contributed by atoms with van der Waals surface area (Å²) < 4.78 is 26.6. The van der Waals surface area contributed by atoms with Crippen LogP contribution in [0.3, 0.4) is 0 Å². The van der Waals surface area contributed by atoms with Crippen molar-refractivity contribution >= 4 is 33.6 Å². The summed E-state index contributed by atoms with van der Waals surface area (Å²) in [6, 6.07) is 12.9. The van der Waals surface area contributed by atoms with Gasteiger partial charge in [-0.25, -0.2) is 13.2 Å². The maximum atomic E-state index is 13.2. The average Bonchev–Trinajstić information content (AvgIpc) is 3.09. The topological polar surface area (TPSA) is 98.3 Å². The Bertz CT molecular complexity index is 1130. The molecule has 0 spiro atoms. The fraction of sp³-hybridized carbons (Fsp3) is 0.286. The van der Waals surface area contributed by atoms with Crippen LogP contribution in [0.15, 0.2) is 59.5 Å². The Hall–Kier alpha value is -3.24. The van der Waals surface area contributed by atoms with E-state index in [1.807, 2.05) is 7.05 Å². The summed E-state index contributed by atoms with van der Waals surface area (Å²) in [7, 11) is -2.49. The van der Waals surface area contributed by atoms with E-state index in [9.17, 15) is 22.8 Å². The molecule has 2 aromatic carbocycles. The number of carbonyl (C=O) groups excluding carboxylic acids is 3. The Balaban J connectivity index is 1.60. The van der Waals surface area contributed by atoms with Gasteiger partial charge in [-0.3, -0.25) is 14.5 Å². The number of benzene rings is 2. The van der Waals surface area contributed by atoms with Crippen molar-refractivity contribution in [2.75, 3.05) is 44.7 Å². The van der Waals surface area contributed by atoms with Gasteiger partial charge >= 0.3 is 6.03 Å². The first-order valence-corrected chi connectivity index (χ1v) is 11.3. The molecule has 31 heavy (non-hydrogen) atoms. The summed E-state index contributed by atoms with van der Waals surface area (Å²) in [5, 5.41) is 0. The molecule has 0 N–H and O–H groups in total. The number of hydrogen-bond donors (Lipinski definition) is 0. The smallest absolute Gasteiger partial charge is 0.336 e. The summed E-state index contributed by atoms with van der Waals surface area (Å²) in [6.07, 6.45) is 0. The minimum Gasteiger partial charge on any atom is -0.336 e. The Morgan fingerprint density at radius 3 is 2.26 bits per heavy atom. The van der Waals surface area contributed by atoms with Crippen LogP contribution in [0.25, 0.3) is 0 Å². The normalized spacial score (nSPS) is 18.0. The van der Waals surface area contributed by atoms with Gasteiger partial charge in [-0.2, -0.15) is 0 Å². The zero-order valence-electron chi connectivity index (χ0n) is 17.0. The van der Waals surface area contributed by atoms with Crippen LogP contribution < -0.4 is 4.90 Å². The number of imide groups is 1. The van der Waals surface area contributed by atoms with Crippen LogP contribution in [0.2, 0.25) is 0 Å². The molecule has 4 rings (SSSR count). The lowest BCUT2D eigenvalue weighted by Gasteiger charge is -2.32. The van der Waals surface area contributed by atoms with Gasteiger partial charge in [0.1, 0.15) is 6.54 Å². The zero-order valence-corrected chi connectivity index (χ0v) is 17.8. The zero-order chi connectivity index (χ0) is 22.2. The van der Waals surface area contributed by atoms with E-state index in [4.69, 9.17) is 0 Å². The molecule has 2 aliphatic heterocycles. The number of amides is 4. The predicted molar refractivity (Wildman–Crippen MR) is 113 cm³/mol. The first-order chi connectivity index (χ1) is 14.8. The molecular weight excluding hydrogens is 420 g/mol. The van der Waals surface area contributed by atoms with E-state index in [2.05, 4.69) is 4.90 Å². The molecule has 0 aliphatic carbocycles. The average molecular weight is 442 g/mol. The second-order valence-corrected chi connectivity index (χ2v) is 9.28. The van der Waals surface area contributed by atoms with Crippen molar-refractivity contribution in [3.05, 3.63) is 60.2 Å². The third kappa shape index (κ3) is 3.91. The fourth-order valence-electron chi connectivity index (χ4n) is 3.62. The van der Waals surface area contributed by atoms with Crippen molar-refractivity contribution in [1.29, 1.82) is 0 Å². The number of piperazine rings is 1. The maximum absolute atomic E-state index is 13.2. The highest BCUT2D eigenvalue weighted by Gasteiger charge is 2.45. The Morgan fingerprint density at radius 2 is 1.58 bits per heavy atom. The van der Waals surface area contributed by atoms with Crippen molar-refractivity contribution in [2.45, 2.75) is 4.90 Å². The third-order valence-electron chi connectivity index (χ3n) is 5.40. The van der Waals surface area contributed by atoms with E-state index in [1.165, 1.54) is 24.3 Å². The monoisotopic (exact) mass is 442 g/mol. The number of para-hydroxylation sites is 1. The molecule has 162 valence electrons. The molecule has 10 heteroatoms. The van der Waals surface area contributed by atoms with Crippen molar-refractivity contribution in [2.24, 2.45) is 0 Å². The molecule has 4 amide bonds. The van der Waals surface area contributed by atoms with E-state index in [0.717, 1.165) is 18.0 Å². The summed E-state index contributed by atoms with van der Waals surface area (Å²) in [5.41, 5.74) is 0.627. The van der Waals surface area contributed by atoms with E-state index in [-0.39, 0.29) is 27.2 Å². The molecule has 0 atom stereocenters. The number of hydrogen-bond acceptors (Lipinski definition) is 6. The van der Waals surface area contributed by atoms with Gasteiger partial charge in [-0.05, 0) is 37.4 Å². The summed E-state index contributed by atoms with van der Waals surface area (Å²) in [5.74, 6) is -1.13. The predicted octanol–water partition coefficient (Wildman–Crippen LogP) is 1.23. The quantitative estimate of drug-likeness (QED) is 0.661. The first-order valence-electron chi connectivity index (χ1n) is 9.81. The minimum atomic E-state index is -4.46. The lowest BCUT2D eigenvalue weighted by molar-refractivity contribution is -0.121. The summed E-state index contributed by atoms with van der Waals surface area (Å²) >= 11 is 0. The van der Waals surface area contributed by atoms with Gasteiger partial charge in [-0.1, -0.05) is 24.3 Å². The molecule has 0 radical (unpaired) electrons. The number of carbonyl (C=O) groups is 3. The summed E-state index contributed by atoms with van der Waals surface area (Å²) in [4.78, 5) is 42.7. The number of sulfonamides is 1. The number of nitrogens with zero attached hydrogens (tertiary/aromatic N) is 4. The number of urea groups is 1. The fourth-order valence-corrected chi connectivity index (χ4v) is 4.98. The molecule has 0 unspecified atom stereocenters. The third-order valence-corrected chi connectivity index (χ3v) is 7.09. The molecule has 0 bridgehead atoms. The van der Waals surface area contributed by atoms with Gasteiger partial charge in [0.15, 0.2) is 0 Å². The van der Waals surface area contributed by atoms with Crippen LogP contribution in [0, 0.1) is 0 Å². The molecule has 2 saturated heterocycles. The van der Waals surface area contributed by atoms with Crippen LogP contribution >= 0.6 is 0 Å². The van der Waals surface area contributed by atoms with E-state index < -0.39 is 22.0 Å². The molecule has 9 nitrogen and oxygen atoms in total. The van der Waals surface area contributed by atoms with Gasteiger partial charge in [0, 0.05) is 37.4 Å². The maximum Gasteiger partial charge on any atom is 0.346 e. The van der Waals surface area contributed by atoms with Gasteiger partial charge in [-0.15, -0.1) is 4.31 Å². The lowest BCUT2D eigenvalue weighted by Crippen LogP contribution is -2.47. The Morgan fingerprint density at radius 1 is 0.903 bits per heavy atom. The Kier molecular flexibility index (Phi) is 5.50. The SMILES string of the molecule is CN1CCN(C(=O)c2cccc(S(=O)(=O)N3C(=O)CN(c4ccccc4)C3=O)c2)CC1. The summed E-state index contributed by atoms with van der Waals surface area (Å²) in [6.45, 7) is 2.18. The van der Waals surface area contributed by atoms with Crippen LogP contribution in [0.5, 0.6) is 0 Å². The molecule has 2 fully saturated rings. The van der Waals surface area contributed by atoms with Crippen LogP contribution in [-0.4, -0.2) is 80.1 Å². The molecular formula is C21H22N4O5S. The van der Waals surface area contributed by atoms with Crippen molar-refractivity contribution in [3.8, 4) is 0 Å². The van der Waals surface area contributed by atoms with E-state index in [0.29, 0.717) is 18.8 Å². The molecule has 0 aromatic heterocycles. The van der Waals surface area contributed by atoms with Gasteiger partial charge in [0.05, 0.1) is 4.90 Å². The van der Waals surface area contributed by atoms with Crippen LogP contribution in [0.1, 0.15) is 10.4 Å². The molecule has 2 heterocycles. The van der Waals surface area contributed by atoms with Gasteiger partial charge in [0.2, 0.25) is 0 Å². The minimum absolute atomic E-state index is 0.199. The van der Waals surface area contributed by atoms with Crippen molar-refractivity contribution in [3.63, 3.8) is 0 Å². The number of rotatable bonds is 4. The van der Waals surface area contributed by atoms with Crippen molar-refractivity contribution < 1.29 is 22.8 Å². The first kappa shape index (κ1) is 21.0. The van der Waals surface area contributed by atoms with Crippen molar-refractivity contribution in [1.82, 2.24) is 14.1 Å². The number of anilines is 1. The van der Waals surface area contributed by atoms with E-state index >= 15 is 0 Å². The molecule has 0 saturated carbocycles. The van der Waals surface area contributed by atoms with Crippen LogP contribution in [-0.2, 0) is 14.8 Å². The second kappa shape index (κ2) is 8.12. The highest BCUT2D eigenvalue weighted by atomic mass is 32.2. The molecule has 2 aliphatic rings. The van der Waals surface area contributed by atoms with Gasteiger partial charge < -0.3 is 9.80 Å². The highest BCUT2D eigenvalue weighted by Crippen LogP contribution is 2.27. The van der Waals surface area contributed by atoms with Gasteiger partial charge in [0.25, 0.3) is 21.8 Å². The lowest BCUT2D eigenvalue weighted by atomic mass is 10.2.